The molecule has 0 fully saturated rings. The van der Waals surface area contributed by atoms with Crippen LogP contribution < -0.4 is 9.64 Å². The molecule has 1 aliphatic rings. The first-order chi connectivity index (χ1) is 14.5. The number of benzene rings is 1. The molecule has 0 radical (unpaired) electrons. The average Bonchev–Trinajstić information content (AvgIpc) is 2.86. The van der Waals surface area contributed by atoms with Crippen molar-refractivity contribution >= 4 is 35.4 Å². The highest BCUT2D eigenvalue weighted by Gasteiger charge is 2.23. The van der Waals surface area contributed by atoms with Crippen LogP contribution in [0.5, 0.6) is 5.75 Å². The second-order valence-electron chi connectivity index (χ2n) is 8.60. The van der Waals surface area contributed by atoms with Crippen LogP contribution in [0.25, 0.3) is 0 Å². The number of ether oxygens (including phenoxy) is 1. The van der Waals surface area contributed by atoms with Crippen molar-refractivity contribution in [3.8, 4) is 5.75 Å². The highest BCUT2D eigenvalue weighted by molar-refractivity contribution is 7.98. The lowest BCUT2D eigenvalue weighted by atomic mass is 9.92. The van der Waals surface area contributed by atoms with Crippen LogP contribution in [0.2, 0.25) is 0 Å². The van der Waals surface area contributed by atoms with E-state index in [0.717, 1.165) is 41.5 Å². The molecule has 0 saturated heterocycles. The molecule has 0 saturated carbocycles. The van der Waals surface area contributed by atoms with Gasteiger partial charge < -0.3 is 14.7 Å². The van der Waals surface area contributed by atoms with Gasteiger partial charge >= 0.3 is 5.97 Å². The second-order valence-corrected chi connectivity index (χ2v) is 10.7. The summed E-state index contributed by atoms with van der Waals surface area (Å²) in [5.74, 6) is -2.51. The van der Waals surface area contributed by atoms with Crippen LogP contribution in [-0.2, 0) is 4.79 Å². The Labute approximate surface area is 195 Å². The lowest BCUT2D eigenvalue weighted by molar-refractivity contribution is -0.134. The predicted molar refractivity (Wildman–Crippen MR) is 131 cm³/mol. The number of halogens is 1. The standard InChI is InChI=1S/C19H27FN2O3S2.C4H10/c1-19(2,3)6-7-22-9-8-21(4)27-16-11-15(17(26-5)10-14(16)22)25-12-13(20)18(23)24;1-3-4-2/h10-12H,6-9H2,1-5H3,(H,23,24);3-4H2,1-2H3/b13-12-;. The second kappa shape index (κ2) is 13.2. The Hall–Kier alpha value is -1.38. The molecule has 5 nitrogen and oxygen atoms in total. The van der Waals surface area contributed by atoms with Gasteiger partial charge in [0.1, 0.15) is 12.0 Å². The number of rotatable bonds is 7. The first-order valence-electron chi connectivity index (χ1n) is 10.6. The number of carboxylic acids is 1. The first kappa shape index (κ1) is 27.7. The van der Waals surface area contributed by atoms with Crippen LogP contribution in [0.3, 0.4) is 0 Å². The molecule has 176 valence electrons. The molecule has 2 rings (SSSR count). The third kappa shape index (κ3) is 9.74. The number of nitrogens with zero attached hydrogens (tertiary/aromatic N) is 2. The lowest BCUT2D eigenvalue weighted by Gasteiger charge is -2.29. The molecule has 0 amide bonds. The summed E-state index contributed by atoms with van der Waals surface area (Å²) in [7, 11) is 2.04. The van der Waals surface area contributed by atoms with Crippen molar-refractivity contribution in [2.75, 3.05) is 37.8 Å². The zero-order chi connectivity index (χ0) is 23.6. The quantitative estimate of drug-likeness (QED) is 0.205. The van der Waals surface area contributed by atoms with E-state index < -0.39 is 11.8 Å². The molecule has 0 unspecified atom stereocenters. The summed E-state index contributed by atoms with van der Waals surface area (Å²) in [4.78, 5) is 14.9. The Morgan fingerprint density at radius 2 is 1.94 bits per heavy atom. The van der Waals surface area contributed by atoms with E-state index >= 15 is 0 Å². The van der Waals surface area contributed by atoms with E-state index in [4.69, 9.17) is 9.84 Å². The number of thioether (sulfide) groups is 1. The largest absolute Gasteiger partial charge is 0.476 e. The summed E-state index contributed by atoms with van der Waals surface area (Å²) >= 11 is 3.10. The van der Waals surface area contributed by atoms with E-state index in [-0.39, 0.29) is 5.41 Å². The first-order valence-corrected chi connectivity index (χ1v) is 12.6. The van der Waals surface area contributed by atoms with Gasteiger partial charge in [0.15, 0.2) is 0 Å². The van der Waals surface area contributed by atoms with Crippen LogP contribution in [-0.4, -0.2) is 48.3 Å². The molecule has 0 bridgehead atoms. The number of carbonyl (C=O) groups is 1. The lowest BCUT2D eigenvalue weighted by Crippen LogP contribution is -2.31. The van der Waals surface area contributed by atoms with E-state index in [2.05, 4.69) is 49.9 Å². The SMILES string of the molecule is CCCC.CSc1cc2c(cc1O/C=C(\F)C(=O)O)SN(C)CCN2CCC(C)(C)C. The molecule has 0 atom stereocenters. The van der Waals surface area contributed by atoms with Gasteiger partial charge in [0.25, 0.3) is 0 Å². The molecular weight excluding hydrogens is 435 g/mol. The van der Waals surface area contributed by atoms with E-state index in [1.165, 1.54) is 24.6 Å². The fourth-order valence-electron chi connectivity index (χ4n) is 2.57. The minimum Gasteiger partial charge on any atom is -0.476 e. The number of carboxylic acid groups (broad SMARTS) is 1. The molecular formula is C23H37FN2O3S2. The third-order valence-electron chi connectivity index (χ3n) is 4.65. The number of fused-ring (bicyclic) bond motifs is 1. The number of likely N-dealkylation sites (N-methyl/N-ethyl adjacent to an activating group) is 1. The predicted octanol–water partition coefficient (Wildman–Crippen LogP) is 6.68. The normalized spacial score (nSPS) is 15.0. The molecule has 1 N–H and O–H groups in total. The summed E-state index contributed by atoms with van der Waals surface area (Å²) in [6, 6.07) is 3.92. The molecule has 8 heteroatoms. The van der Waals surface area contributed by atoms with Crippen molar-refractivity contribution in [2.24, 2.45) is 5.41 Å². The zero-order valence-corrected chi connectivity index (χ0v) is 21.5. The van der Waals surface area contributed by atoms with Crippen LogP contribution in [0.15, 0.2) is 34.0 Å². The number of aliphatic carboxylic acids is 1. The Morgan fingerprint density at radius 1 is 1.29 bits per heavy atom. The smallest absolute Gasteiger partial charge is 0.368 e. The van der Waals surface area contributed by atoms with Crippen molar-refractivity contribution in [1.29, 1.82) is 0 Å². The summed E-state index contributed by atoms with van der Waals surface area (Å²) < 4.78 is 20.8. The zero-order valence-electron chi connectivity index (χ0n) is 19.8. The highest BCUT2D eigenvalue weighted by atomic mass is 32.2. The van der Waals surface area contributed by atoms with Crippen molar-refractivity contribution in [3.63, 3.8) is 0 Å². The van der Waals surface area contributed by atoms with E-state index in [9.17, 15) is 9.18 Å². The van der Waals surface area contributed by atoms with Gasteiger partial charge in [-0.2, -0.15) is 4.39 Å². The van der Waals surface area contributed by atoms with Crippen LogP contribution in [0, 0.1) is 5.41 Å². The van der Waals surface area contributed by atoms with Crippen molar-refractivity contribution in [1.82, 2.24) is 4.31 Å². The van der Waals surface area contributed by atoms with Gasteiger partial charge in [0.05, 0.1) is 15.5 Å². The summed E-state index contributed by atoms with van der Waals surface area (Å²) in [5, 5.41) is 8.66. The van der Waals surface area contributed by atoms with Gasteiger partial charge in [-0.15, -0.1) is 11.8 Å². The monoisotopic (exact) mass is 472 g/mol. The highest BCUT2D eigenvalue weighted by Crippen LogP contribution is 2.42. The number of hydrogen-bond acceptors (Lipinski definition) is 6. The molecule has 0 spiro atoms. The third-order valence-corrected chi connectivity index (χ3v) is 6.43. The Bertz CT molecular complexity index is 749. The van der Waals surface area contributed by atoms with Crippen LogP contribution in [0.4, 0.5) is 10.1 Å². The minimum atomic E-state index is -1.64. The van der Waals surface area contributed by atoms with Gasteiger partial charge in [-0.25, -0.2) is 9.10 Å². The van der Waals surface area contributed by atoms with E-state index in [1.54, 1.807) is 11.9 Å². The summed E-state index contributed by atoms with van der Waals surface area (Å²) in [6.45, 7) is 13.9. The number of anilines is 1. The molecule has 31 heavy (non-hydrogen) atoms. The molecule has 1 aliphatic heterocycles. The van der Waals surface area contributed by atoms with E-state index in [0.29, 0.717) is 12.0 Å². The van der Waals surface area contributed by atoms with Gasteiger partial charge in [-0.05, 0) is 49.2 Å². The molecule has 0 aromatic heterocycles. The van der Waals surface area contributed by atoms with Gasteiger partial charge in [0, 0.05) is 19.6 Å². The summed E-state index contributed by atoms with van der Waals surface area (Å²) in [5.41, 5.74) is 1.38. The average molecular weight is 473 g/mol. The molecule has 1 aromatic rings. The molecule has 1 heterocycles. The molecule has 0 aliphatic carbocycles. The Balaban J connectivity index is 0.00000110. The van der Waals surface area contributed by atoms with Crippen molar-refractivity contribution in [2.45, 2.75) is 63.7 Å². The fourth-order valence-corrected chi connectivity index (χ4v) is 4.05. The fraction of sp³-hybridized carbons (Fsp3) is 0.609. The maximum absolute atomic E-state index is 13.3. The number of unbranched alkanes of at least 4 members (excludes halogenated alkanes) is 1. The van der Waals surface area contributed by atoms with Gasteiger partial charge in [-0.1, -0.05) is 47.5 Å². The molecule has 1 aromatic carbocycles. The summed E-state index contributed by atoms with van der Waals surface area (Å²) in [6.07, 6.45) is 6.27. The number of hydrogen-bond donors (Lipinski definition) is 1. The van der Waals surface area contributed by atoms with Gasteiger partial charge in [-0.3, -0.25) is 0 Å². The maximum Gasteiger partial charge on any atom is 0.368 e. The Kier molecular flexibility index (Phi) is 11.8. The van der Waals surface area contributed by atoms with Crippen LogP contribution >= 0.6 is 23.7 Å². The minimum absolute atomic E-state index is 0.246. The van der Waals surface area contributed by atoms with Gasteiger partial charge in [0.2, 0.25) is 5.83 Å². The topological polar surface area (TPSA) is 53.0 Å². The van der Waals surface area contributed by atoms with Crippen molar-refractivity contribution < 1.29 is 19.0 Å². The maximum atomic E-state index is 13.3. The van der Waals surface area contributed by atoms with Crippen molar-refractivity contribution in [3.05, 3.63) is 24.2 Å². The Morgan fingerprint density at radius 3 is 2.45 bits per heavy atom. The van der Waals surface area contributed by atoms with Crippen LogP contribution in [0.1, 0.15) is 53.9 Å². The van der Waals surface area contributed by atoms with E-state index in [1.807, 2.05) is 19.4 Å².